The molecule has 0 rings (SSSR count). The molecule has 0 aromatic rings. The molecule has 78 valence electrons. The van der Waals surface area contributed by atoms with Crippen molar-refractivity contribution >= 4 is 0 Å². The van der Waals surface area contributed by atoms with E-state index in [4.69, 9.17) is 5.73 Å². The predicted octanol–water partition coefficient (Wildman–Crippen LogP) is 3.98. The van der Waals surface area contributed by atoms with Gasteiger partial charge < -0.3 is 0 Å². The van der Waals surface area contributed by atoms with Crippen molar-refractivity contribution in [2.24, 2.45) is 0 Å². The molecule has 0 N–H and O–H groups in total. The van der Waals surface area contributed by atoms with Crippen LogP contribution in [0.1, 0.15) is 71.1 Å². The molecule has 0 heterocycles. The lowest BCUT2D eigenvalue weighted by molar-refractivity contribution is 0.557. The zero-order chi connectivity index (χ0) is 9.78. The van der Waals surface area contributed by atoms with Crippen molar-refractivity contribution in [3.63, 3.8) is 0 Å². The molecule has 0 aromatic heterocycles. The van der Waals surface area contributed by atoms with Gasteiger partial charge >= 0.3 is 0 Å². The standard InChI is InChI=1S/C12H25N/c1-2-3-4-5-6-7-8-9-10-11-12-13/h2-12H2,1H3. The van der Waals surface area contributed by atoms with Gasteiger partial charge in [0, 0.05) is 6.54 Å². The van der Waals surface area contributed by atoms with Crippen molar-refractivity contribution in [2.45, 2.75) is 71.1 Å². The van der Waals surface area contributed by atoms with Crippen molar-refractivity contribution in [1.29, 1.82) is 0 Å². The highest BCUT2D eigenvalue weighted by Crippen LogP contribution is 2.09. The number of hydrogen-bond donors (Lipinski definition) is 0. The van der Waals surface area contributed by atoms with E-state index < -0.39 is 0 Å². The van der Waals surface area contributed by atoms with E-state index in [1.807, 2.05) is 0 Å². The van der Waals surface area contributed by atoms with Crippen molar-refractivity contribution in [2.75, 3.05) is 6.54 Å². The van der Waals surface area contributed by atoms with Gasteiger partial charge in [0.1, 0.15) is 0 Å². The maximum atomic E-state index is 8.57. The van der Waals surface area contributed by atoms with E-state index in [0.29, 0.717) is 6.54 Å². The van der Waals surface area contributed by atoms with Crippen LogP contribution in [-0.4, -0.2) is 6.54 Å². The minimum Gasteiger partial charge on any atom is -0.145 e. The Morgan fingerprint density at radius 3 is 1.38 bits per heavy atom. The highest BCUT2D eigenvalue weighted by molar-refractivity contribution is 4.47. The van der Waals surface area contributed by atoms with Gasteiger partial charge in [-0.15, -0.1) is 5.73 Å². The van der Waals surface area contributed by atoms with Crippen LogP contribution < -0.4 is 5.73 Å². The maximum Gasteiger partial charge on any atom is 0.0321 e. The molecule has 1 heteroatoms. The minimum absolute atomic E-state index is 0.372. The zero-order valence-corrected chi connectivity index (χ0v) is 9.23. The molecule has 0 amide bonds. The molecule has 0 spiro atoms. The summed E-state index contributed by atoms with van der Waals surface area (Å²) in [6.07, 6.45) is 13.3. The Hall–Kier alpha value is -0.0400. The summed E-state index contributed by atoms with van der Waals surface area (Å²) in [7, 11) is 0. The van der Waals surface area contributed by atoms with Crippen LogP contribution >= 0.6 is 0 Å². The SMILES string of the molecule is CCCCCCCCCCCC[N]. The Morgan fingerprint density at radius 2 is 1.00 bits per heavy atom. The van der Waals surface area contributed by atoms with Gasteiger partial charge in [-0.25, -0.2) is 0 Å². The first-order valence-electron chi connectivity index (χ1n) is 6.02. The summed E-state index contributed by atoms with van der Waals surface area (Å²) in [6, 6.07) is 0. The van der Waals surface area contributed by atoms with E-state index in [1.165, 1.54) is 57.8 Å². The third kappa shape index (κ3) is 12.0. The van der Waals surface area contributed by atoms with Crippen molar-refractivity contribution < 1.29 is 0 Å². The second-order valence-electron chi connectivity index (χ2n) is 3.91. The van der Waals surface area contributed by atoms with Crippen molar-refractivity contribution in [3.8, 4) is 0 Å². The van der Waals surface area contributed by atoms with E-state index in [2.05, 4.69) is 6.92 Å². The number of nitrogens with zero attached hydrogens (tertiary/aromatic N) is 1. The lowest BCUT2D eigenvalue weighted by Crippen LogP contribution is -1.85. The fourth-order valence-corrected chi connectivity index (χ4v) is 1.60. The third-order valence-corrected chi connectivity index (χ3v) is 2.51. The normalized spacial score (nSPS) is 10.6. The van der Waals surface area contributed by atoms with E-state index in [9.17, 15) is 0 Å². The van der Waals surface area contributed by atoms with Gasteiger partial charge in [-0.1, -0.05) is 64.7 Å². The summed E-state index contributed by atoms with van der Waals surface area (Å²) in [4.78, 5) is 0. The molecule has 1 nitrogen and oxygen atoms in total. The third-order valence-electron chi connectivity index (χ3n) is 2.51. The van der Waals surface area contributed by atoms with E-state index in [-0.39, 0.29) is 0 Å². The van der Waals surface area contributed by atoms with E-state index in [0.717, 1.165) is 6.42 Å². The van der Waals surface area contributed by atoms with E-state index in [1.54, 1.807) is 0 Å². The Bertz CT molecular complexity index is 71.2. The molecule has 0 aromatic carbocycles. The van der Waals surface area contributed by atoms with Crippen LogP contribution in [0.25, 0.3) is 0 Å². The van der Waals surface area contributed by atoms with Crippen molar-refractivity contribution in [3.05, 3.63) is 0 Å². The Morgan fingerprint density at radius 1 is 0.615 bits per heavy atom. The molecule has 0 aliphatic rings. The van der Waals surface area contributed by atoms with Gasteiger partial charge in [-0.2, -0.15) is 0 Å². The molecule has 0 fully saturated rings. The molecule has 0 aliphatic carbocycles. The smallest absolute Gasteiger partial charge is 0.0321 e. The molecular weight excluding hydrogens is 158 g/mol. The fraction of sp³-hybridized carbons (Fsp3) is 1.00. The fourth-order valence-electron chi connectivity index (χ4n) is 1.60. The van der Waals surface area contributed by atoms with Gasteiger partial charge in [0.15, 0.2) is 0 Å². The second kappa shape index (κ2) is 12.0. The maximum absolute atomic E-state index is 8.57. The topological polar surface area (TPSA) is 22.3 Å². The van der Waals surface area contributed by atoms with Crippen LogP contribution in [0.5, 0.6) is 0 Å². The molecule has 0 saturated carbocycles. The van der Waals surface area contributed by atoms with Crippen LogP contribution in [0.2, 0.25) is 0 Å². The van der Waals surface area contributed by atoms with Gasteiger partial charge in [-0.3, -0.25) is 0 Å². The van der Waals surface area contributed by atoms with E-state index >= 15 is 0 Å². The van der Waals surface area contributed by atoms with Gasteiger partial charge in [0.05, 0.1) is 0 Å². The summed E-state index contributed by atoms with van der Waals surface area (Å²) >= 11 is 0. The number of hydrogen-bond acceptors (Lipinski definition) is 0. The zero-order valence-electron chi connectivity index (χ0n) is 9.23. The molecule has 2 radical (unpaired) electrons. The lowest BCUT2D eigenvalue weighted by Gasteiger charge is -2.00. The Labute approximate surface area is 84.1 Å². The largest absolute Gasteiger partial charge is 0.145 e. The first-order valence-corrected chi connectivity index (χ1v) is 6.02. The van der Waals surface area contributed by atoms with Gasteiger partial charge in [-0.05, 0) is 6.42 Å². The highest BCUT2D eigenvalue weighted by Gasteiger charge is 1.91. The lowest BCUT2D eigenvalue weighted by atomic mass is 10.1. The average molecular weight is 183 g/mol. The summed E-state index contributed by atoms with van der Waals surface area (Å²) in [5.41, 5.74) is 8.57. The summed E-state index contributed by atoms with van der Waals surface area (Å²) in [5, 5.41) is 0. The number of unbranched alkanes of at least 4 members (excludes halogenated alkanes) is 9. The summed E-state index contributed by atoms with van der Waals surface area (Å²) in [5.74, 6) is 0. The van der Waals surface area contributed by atoms with Crippen LogP contribution in [0, 0.1) is 0 Å². The minimum atomic E-state index is 0.372. The van der Waals surface area contributed by atoms with Gasteiger partial charge in [0.2, 0.25) is 0 Å². The summed E-state index contributed by atoms with van der Waals surface area (Å²) < 4.78 is 0. The molecule has 0 atom stereocenters. The molecular formula is C12H25N. The monoisotopic (exact) mass is 183 g/mol. The van der Waals surface area contributed by atoms with Crippen LogP contribution in [0.4, 0.5) is 0 Å². The Balaban J connectivity index is 2.76. The first kappa shape index (κ1) is 13.0. The molecule has 0 bridgehead atoms. The highest BCUT2D eigenvalue weighted by atomic mass is 14.5. The molecule has 0 unspecified atom stereocenters. The van der Waals surface area contributed by atoms with Crippen molar-refractivity contribution in [1.82, 2.24) is 5.73 Å². The Kier molecular flexibility index (Phi) is 11.9. The average Bonchev–Trinajstić information content (AvgIpc) is 2.16. The predicted molar refractivity (Wildman–Crippen MR) is 58.8 cm³/mol. The quantitative estimate of drug-likeness (QED) is 0.457. The second-order valence-corrected chi connectivity index (χ2v) is 3.91. The first-order chi connectivity index (χ1) is 6.41. The molecule has 13 heavy (non-hydrogen) atoms. The van der Waals surface area contributed by atoms with Crippen LogP contribution in [-0.2, 0) is 0 Å². The number of rotatable bonds is 10. The van der Waals surface area contributed by atoms with Crippen LogP contribution in [0.15, 0.2) is 0 Å². The molecule has 0 aliphatic heterocycles. The van der Waals surface area contributed by atoms with Gasteiger partial charge in [0.25, 0.3) is 0 Å². The summed E-state index contributed by atoms with van der Waals surface area (Å²) in [6.45, 7) is 2.63. The molecule has 0 saturated heterocycles. The van der Waals surface area contributed by atoms with Crippen LogP contribution in [0.3, 0.4) is 0 Å².